The standard InChI is InChI=1S/C2H2F3NO/c3-2(4,5)7-1-6/h1,6H. The van der Waals surface area contributed by atoms with E-state index < -0.39 is 6.36 Å². The van der Waals surface area contributed by atoms with Gasteiger partial charge in [0.2, 0.25) is 0 Å². The molecular weight excluding hydrogens is 111 g/mol. The molecule has 42 valence electrons. The molecular formula is C2H2F3NO. The zero-order valence-electron chi connectivity index (χ0n) is 3.12. The summed E-state index contributed by atoms with van der Waals surface area (Å²) in [5, 5.41) is 5.79. The molecule has 0 aromatic heterocycles. The quantitative estimate of drug-likeness (QED) is 0.401. The van der Waals surface area contributed by atoms with Gasteiger partial charge in [0.15, 0.2) is 6.40 Å². The van der Waals surface area contributed by atoms with Gasteiger partial charge >= 0.3 is 6.36 Å². The monoisotopic (exact) mass is 113 g/mol. The number of halogens is 3. The SMILES string of the molecule is N=COC(F)(F)F. The Morgan fingerprint density at radius 2 is 1.86 bits per heavy atom. The molecule has 0 spiro atoms. The van der Waals surface area contributed by atoms with Gasteiger partial charge in [-0.1, -0.05) is 0 Å². The Bertz CT molecular complexity index is 67.8. The Morgan fingerprint density at radius 3 is 1.86 bits per heavy atom. The molecule has 5 heteroatoms. The number of hydrogen-bond acceptors (Lipinski definition) is 2. The van der Waals surface area contributed by atoms with Crippen molar-refractivity contribution in [3.63, 3.8) is 0 Å². The van der Waals surface area contributed by atoms with E-state index in [2.05, 4.69) is 4.74 Å². The van der Waals surface area contributed by atoms with Crippen LogP contribution in [0.3, 0.4) is 0 Å². The number of rotatable bonds is 1. The largest absolute Gasteiger partial charge is 0.573 e. The highest BCUT2D eigenvalue weighted by atomic mass is 19.4. The molecule has 0 fully saturated rings. The molecule has 0 rings (SSSR count). The number of hydrogen-bond donors (Lipinski definition) is 1. The molecule has 0 atom stereocenters. The van der Waals surface area contributed by atoms with Crippen LogP contribution in [-0.4, -0.2) is 12.8 Å². The zero-order chi connectivity index (χ0) is 5.91. The van der Waals surface area contributed by atoms with E-state index in [1.54, 1.807) is 0 Å². The van der Waals surface area contributed by atoms with E-state index in [0.29, 0.717) is 0 Å². The molecule has 0 aliphatic rings. The third kappa shape index (κ3) is 5.26. The van der Waals surface area contributed by atoms with Gasteiger partial charge in [0.1, 0.15) is 0 Å². The van der Waals surface area contributed by atoms with E-state index in [9.17, 15) is 13.2 Å². The van der Waals surface area contributed by atoms with Crippen LogP contribution < -0.4 is 0 Å². The van der Waals surface area contributed by atoms with Gasteiger partial charge in [-0.3, -0.25) is 5.41 Å². The van der Waals surface area contributed by atoms with Crippen LogP contribution in [0, 0.1) is 5.41 Å². The second-order valence-electron chi connectivity index (χ2n) is 0.681. The first kappa shape index (κ1) is 6.26. The minimum absolute atomic E-state index is 0.167. The molecule has 0 radical (unpaired) electrons. The van der Waals surface area contributed by atoms with Crippen LogP contribution >= 0.6 is 0 Å². The Kier molecular flexibility index (Phi) is 1.62. The van der Waals surface area contributed by atoms with Gasteiger partial charge in [-0.05, 0) is 0 Å². The summed E-state index contributed by atoms with van der Waals surface area (Å²) in [7, 11) is 0. The molecule has 0 heterocycles. The average Bonchev–Trinajstić information content (AvgIpc) is 1.30. The summed E-state index contributed by atoms with van der Waals surface area (Å²) in [6.45, 7) is 0. The van der Waals surface area contributed by atoms with E-state index in [1.807, 2.05) is 0 Å². The predicted molar refractivity (Wildman–Crippen MR) is 15.9 cm³/mol. The van der Waals surface area contributed by atoms with Gasteiger partial charge in [0.25, 0.3) is 0 Å². The Balaban J connectivity index is 3.34. The van der Waals surface area contributed by atoms with Gasteiger partial charge in [0.05, 0.1) is 0 Å². The van der Waals surface area contributed by atoms with Gasteiger partial charge < -0.3 is 4.74 Å². The maximum atomic E-state index is 10.7. The number of alkyl halides is 3. The van der Waals surface area contributed by atoms with Crippen LogP contribution in [0.4, 0.5) is 13.2 Å². The minimum atomic E-state index is -4.69. The van der Waals surface area contributed by atoms with E-state index in [-0.39, 0.29) is 6.40 Å². The number of nitrogens with one attached hydrogen (secondary N) is 1. The summed E-state index contributed by atoms with van der Waals surface area (Å²) in [6, 6.07) is 0. The summed E-state index contributed by atoms with van der Waals surface area (Å²) in [5.41, 5.74) is 0. The number of ether oxygens (including phenoxy) is 1. The van der Waals surface area contributed by atoms with E-state index in [1.165, 1.54) is 0 Å². The highest BCUT2D eigenvalue weighted by Gasteiger charge is 2.28. The van der Waals surface area contributed by atoms with Gasteiger partial charge in [-0.25, -0.2) is 0 Å². The van der Waals surface area contributed by atoms with Gasteiger partial charge in [-0.2, -0.15) is 0 Å². The highest BCUT2D eigenvalue weighted by Crippen LogP contribution is 2.13. The first-order chi connectivity index (χ1) is 3.06. The molecule has 0 aromatic rings. The van der Waals surface area contributed by atoms with Crippen molar-refractivity contribution in [3.05, 3.63) is 0 Å². The average molecular weight is 113 g/mol. The topological polar surface area (TPSA) is 33.1 Å². The van der Waals surface area contributed by atoms with Crippen molar-refractivity contribution in [2.75, 3.05) is 0 Å². The molecule has 1 N–H and O–H groups in total. The Labute approximate surface area is 37.4 Å². The molecule has 2 nitrogen and oxygen atoms in total. The van der Waals surface area contributed by atoms with Crippen molar-refractivity contribution in [2.24, 2.45) is 0 Å². The van der Waals surface area contributed by atoms with Crippen molar-refractivity contribution in [2.45, 2.75) is 6.36 Å². The zero-order valence-corrected chi connectivity index (χ0v) is 3.12. The summed E-state index contributed by atoms with van der Waals surface area (Å²) in [5.74, 6) is 0. The lowest BCUT2D eigenvalue weighted by Crippen LogP contribution is -2.10. The molecule has 0 aromatic carbocycles. The van der Waals surface area contributed by atoms with Crippen LogP contribution in [0.5, 0.6) is 0 Å². The van der Waals surface area contributed by atoms with Gasteiger partial charge in [0, 0.05) is 0 Å². The normalized spacial score (nSPS) is 10.7. The van der Waals surface area contributed by atoms with E-state index >= 15 is 0 Å². The second kappa shape index (κ2) is 1.81. The second-order valence-corrected chi connectivity index (χ2v) is 0.681. The van der Waals surface area contributed by atoms with Crippen LogP contribution in [0.1, 0.15) is 0 Å². The maximum absolute atomic E-state index is 10.7. The predicted octanol–water partition coefficient (Wildman–Crippen LogP) is 1.13. The molecule has 7 heavy (non-hydrogen) atoms. The molecule has 0 bridgehead atoms. The third-order valence-electron chi connectivity index (χ3n) is 0.193. The first-order valence-corrected chi connectivity index (χ1v) is 1.30. The highest BCUT2D eigenvalue weighted by molar-refractivity contribution is 5.41. The van der Waals surface area contributed by atoms with Crippen LogP contribution in [-0.2, 0) is 4.74 Å². The lowest BCUT2D eigenvalue weighted by molar-refractivity contribution is -0.280. The summed E-state index contributed by atoms with van der Waals surface area (Å²) < 4.78 is 34.8. The van der Waals surface area contributed by atoms with Crippen molar-refractivity contribution in [1.82, 2.24) is 0 Å². The summed E-state index contributed by atoms with van der Waals surface area (Å²) in [4.78, 5) is 0. The third-order valence-corrected chi connectivity index (χ3v) is 0.193. The lowest BCUT2D eigenvalue weighted by Gasteiger charge is -1.99. The molecule has 0 unspecified atom stereocenters. The minimum Gasteiger partial charge on any atom is -0.395 e. The van der Waals surface area contributed by atoms with E-state index in [4.69, 9.17) is 5.41 Å². The van der Waals surface area contributed by atoms with E-state index in [0.717, 1.165) is 0 Å². The first-order valence-electron chi connectivity index (χ1n) is 1.30. The molecule has 0 amide bonds. The summed E-state index contributed by atoms with van der Waals surface area (Å²) >= 11 is 0. The van der Waals surface area contributed by atoms with Crippen LogP contribution in [0.25, 0.3) is 0 Å². The smallest absolute Gasteiger partial charge is 0.395 e. The van der Waals surface area contributed by atoms with Crippen molar-refractivity contribution >= 4 is 6.40 Å². The van der Waals surface area contributed by atoms with Crippen LogP contribution in [0.15, 0.2) is 0 Å². The Morgan fingerprint density at radius 1 is 1.43 bits per heavy atom. The van der Waals surface area contributed by atoms with Crippen molar-refractivity contribution < 1.29 is 17.9 Å². The van der Waals surface area contributed by atoms with Crippen molar-refractivity contribution in [1.29, 1.82) is 5.41 Å². The molecule has 0 saturated heterocycles. The fraction of sp³-hybridized carbons (Fsp3) is 0.500. The maximum Gasteiger partial charge on any atom is 0.573 e. The summed E-state index contributed by atoms with van der Waals surface area (Å²) in [6.07, 6.45) is -4.86. The van der Waals surface area contributed by atoms with Crippen molar-refractivity contribution in [3.8, 4) is 0 Å². The fourth-order valence-electron chi connectivity index (χ4n) is 0.0668. The Hall–Kier alpha value is -0.740. The fourth-order valence-corrected chi connectivity index (χ4v) is 0.0668. The van der Waals surface area contributed by atoms with Gasteiger partial charge in [-0.15, -0.1) is 13.2 Å². The lowest BCUT2D eigenvalue weighted by atomic mass is 11.3. The van der Waals surface area contributed by atoms with Crippen LogP contribution in [0.2, 0.25) is 0 Å². The molecule has 0 saturated carbocycles. The molecule has 0 aliphatic heterocycles. The molecule has 0 aliphatic carbocycles.